The lowest BCUT2D eigenvalue weighted by Crippen LogP contribution is -2.42. The average Bonchev–Trinajstić information content (AvgIpc) is 2.52. The molecule has 2 unspecified atom stereocenters. The van der Waals surface area contributed by atoms with Crippen LogP contribution in [-0.4, -0.2) is 30.6 Å². The Morgan fingerprint density at radius 1 is 1.29 bits per heavy atom. The Labute approximate surface area is 134 Å². The molecule has 118 valence electrons. The van der Waals surface area contributed by atoms with Crippen LogP contribution < -0.4 is 5.32 Å². The summed E-state index contributed by atoms with van der Waals surface area (Å²) in [5, 5.41) is 4.67. The molecular weight excluding hydrogens is 280 g/mol. The number of halogens is 1. The zero-order valence-corrected chi connectivity index (χ0v) is 14.4. The molecule has 1 heterocycles. The molecule has 0 amide bonds. The van der Waals surface area contributed by atoms with E-state index in [0.717, 1.165) is 17.4 Å². The van der Waals surface area contributed by atoms with Crippen molar-refractivity contribution in [2.75, 3.05) is 19.6 Å². The SMILES string of the molecule is CCC(NC(C)C1CCN(CC)CC1)c1cccc(Cl)c1. The van der Waals surface area contributed by atoms with E-state index in [9.17, 15) is 0 Å². The van der Waals surface area contributed by atoms with Crippen molar-refractivity contribution in [3.63, 3.8) is 0 Å². The second-order valence-corrected chi connectivity index (χ2v) is 6.68. The van der Waals surface area contributed by atoms with Gasteiger partial charge in [-0.1, -0.05) is 37.6 Å². The van der Waals surface area contributed by atoms with Gasteiger partial charge in [-0.25, -0.2) is 0 Å². The minimum absolute atomic E-state index is 0.405. The molecule has 0 aromatic heterocycles. The molecular formula is C18H29ClN2. The molecule has 3 heteroatoms. The Balaban J connectivity index is 1.92. The van der Waals surface area contributed by atoms with Crippen LogP contribution in [0.25, 0.3) is 0 Å². The van der Waals surface area contributed by atoms with Crippen LogP contribution in [0.1, 0.15) is 51.6 Å². The van der Waals surface area contributed by atoms with Crippen LogP contribution in [0.2, 0.25) is 5.02 Å². The first kappa shape index (κ1) is 16.8. The van der Waals surface area contributed by atoms with E-state index in [2.05, 4.69) is 43.1 Å². The van der Waals surface area contributed by atoms with E-state index in [1.165, 1.54) is 38.0 Å². The molecule has 2 atom stereocenters. The van der Waals surface area contributed by atoms with Crippen molar-refractivity contribution in [1.82, 2.24) is 10.2 Å². The fraction of sp³-hybridized carbons (Fsp3) is 0.667. The number of likely N-dealkylation sites (tertiary alicyclic amines) is 1. The fourth-order valence-electron chi connectivity index (χ4n) is 3.40. The van der Waals surface area contributed by atoms with Crippen LogP contribution in [0.15, 0.2) is 24.3 Å². The maximum Gasteiger partial charge on any atom is 0.0409 e. The first-order chi connectivity index (χ1) is 10.1. The van der Waals surface area contributed by atoms with Crippen LogP contribution in [0.5, 0.6) is 0 Å². The van der Waals surface area contributed by atoms with Crippen molar-refractivity contribution in [2.24, 2.45) is 5.92 Å². The van der Waals surface area contributed by atoms with Crippen molar-refractivity contribution in [3.05, 3.63) is 34.9 Å². The van der Waals surface area contributed by atoms with E-state index in [4.69, 9.17) is 11.6 Å². The molecule has 0 aliphatic carbocycles. The lowest BCUT2D eigenvalue weighted by molar-refractivity contribution is 0.164. The smallest absolute Gasteiger partial charge is 0.0409 e. The van der Waals surface area contributed by atoms with Crippen LogP contribution in [-0.2, 0) is 0 Å². The quantitative estimate of drug-likeness (QED) is 0.832. The zero-order valence-electron chi connectivity index (χ0n) is 13.6. The van der Waals surface area contributed by atoms with Crippen molar-refractivity contribution in [3.8, 4) is 0 Å². The highest BCUT2D eigenvalue weighted by molar-refractivity contribution is 6.30. The molecule has 1 aliphatic heterocycles. The fourth-order valence-corrected chi connectivity index (χ4v) is 3.59. The highest BCUT2D eigenvalue weighted by atomic mass is 35.5. The molecule has 0 spiro atoms. The molecule has 2 rings (SSSR count). The topological polar surface area (TPSA) is 15.3 Å². The first-order valence-electron chi connectivity index (χ1n) is 8.37. The van der Waals surface area contributed by atoms with Crippen LogP contribution in [0.4, 0.5) is 0 Å². The second-order valence-electron chi connectivity index (χ2n) is 6.24. The van der Waals surface area contributed by atoms with Crippen LogP contribution in [0, 0.1) is 5.92 Å². The molecule has 0 radical (unpaired) electrons. The summed E-state index contributed by atoms with van der Waals surface area (Å²) in [6.07, 6.45) is 3.72. The van der Waals surface area contributed by atoms with Gasteiger partial charge in [-0.15, -0.1) is 0 Å². The van der Waals surface area contributed by atoms with Gasteiger partial charge in [0.15, 0.2) is 0 Å². The monoisotopic (exact) mass is 308 g/mol. The second kappa shape index (κ2) is 8.17. The van der Waals surface area contributed by atoms with Crippen molar-refractivity contribution in [1.29, 1.82) is 0 Å². The Morgan fingerprint density at radius 2 is 2.00 bits per heavy atom. The van der Waals surface area contributed by atoms with E-state index in [-0.39, 0.29) is 0 Å². The molecule has 1 fully saturated rings. The maximum absolute atomic E-state index is 6.13. The summed E-state index contributed by atoms with van der Waals surface area (Å²) in [7, 11) is 0. The van der Waals surface area contributed by atoms with Gasteiger partial charge in [0, 0.05) is 17.1 Å². The third-order valence-electron chi connectivity index (χ3n) is 4.91. The van der Waals surface area contributed by atoms with Gasteiger partial charge >= 0.3 is 0 Å². The van der Waals surface area contributed by atoms with Crippen molar-refractivity contribution >= 4 is 11.6 Å². The number of nitrogens with zero attached hydrogens (tertiary/aromatic N) is 1. The maximum atomic E-state index is 6.13. The van der Waals surface area contributed by atoms with Crippen molar-refractivity contribution in [2.45, 2.75) is 52.1 Å². The minimum atomic E-state index is 0.405. The van der Waals surface area contributed by atoms with E-state index in [1.807, 2.05) is 12.1 Å². The summed E-state index contributed by atoms with van der Waals surface area (Å²) < 4.78 is 0. The molecule has 21 heavy (non-hydrogen) atoms. The Kier molecular flexibility index (Phi) is 6.53. The number of rotatable bonds is 6. The number of hydrogen-bond acceptors (Lipinski definition) is 2. The molecule has 1 aliphatic rings. The van der Waals surface area contributed by atoms with E-state index in [0.29, 0.717) is 12.1 Å². The van der Waals surface area contributed by atoms with Gasteiger partial charge in [0.2, 0.25) is 0 Å². The number of piperidine rings is 1. The Morgan fingerprint density at radius 3 is 2.57 bits per heavy atom. The lowest BCUT2D eigenvalue weighted by Gasteiger charge is -2.36. The summed E-state index contributed by atoms with van der Waals surface area (Å²) in [5.74, 6) is 0.793. The zero-order chi connectivity index (χ0) is 15.2. The summed E-state index contributed by atoms with van der Waals surface area (Å²) >= 11 is 6.13. The first-order valence-corrected chi connectivity index (χ1v) is 8.75. The Bertz CT molecular complexity index is 427. The van der Waals surface area contributed by atoms with E-state index < -0.39 is 0 Å². The normalized spacial score (nSPS) is 20.4. The predicted octanol–water partition coefficient (Wildman–Crippen LogP) is 4.50. The number of nitrogens with one attached hydrogen (secondary N) is 1. The lowest BCUT2D eigenvalue weighted by atomic mass is 9.89. The van der Waals surface area contributed by atoms with E-state index in [1.54, 1.807) is 0 Å². The molecule has 0 saturated carbocycles. The Hall–Kier alpha value is -0.570. The third-order valence-corrected chi connectivity index (χ3v) is 5.15. The molecule has 0 bridgehead atoms. The van der Waals surface area contributed by atoms with Gasteiger partial charge in [-0.05, 0) is 69.4 Å². The van der Waals surface area contributed by atoms with E-state index >= 15 is 0 Å². The number of benzene rings is 1. The summed E-state index contributed by atoms with van der Waals surface area (Å²) in [6.45, 7) is 10.5. The van der Waals surface area contributed by atoms with Gasteiger partial charge in [0.1, 0.15) is 0 Å². The van der Waals surface area contributed by atoms with Gasteiger partial charge in [0.25, 0.3) is 0 Å². The predicted molar refractivity (Wildman–Crippen MR) is 91.9 cm³/mol. The molecule has 1 N–H and O–H groups in total. The molecule has 1 saturated heterocycles. The number of hydrogen-bond donors (Lipinski definition) is 1. The molecule has 1 aromatic carbocycles. The van der Waals surface area contributed by atoms with Crippen LogP contribution >= 0.6 is 11.6 Å². The van der Waals surface area contributed by atoms with Gasteiger partial charge in [0.05, 0.1) is 0 Å². The highest BCUT2D eigenvalue weighted by Crippen LogP contribution is 2.25. The summed E-state index contributed by atoms with van der Waals surface area (Å²) in [5.41, 5.74) is 1.31. The summed E-state index contributed by atoms with van der Waals surface area (Å²) in [6, 6.07) is 9.23. The minimum Gasteiger partial charge on any atom is -0.307 e. The van der Waals surface area contributed by atoms with Gasteiger partial charge in [-0.2, -0.15) is 0 Å². The average molecular weight is 309 g/mol. The van der Waals surface area contributed by atoms with Crippen LogP contribution in [0.3, 0.4) is 0 Å². The molecule has 2 nitrogen and oxygen atoms in total. The van der Waals surface area contributed by atoms with Gasteiger partial charge in [-0.3, -0.25) is 0 Å². The van der Waals surface area contributed by atoms with Gasteiger partial charge < -0.3 is 10.2 Å². The highest BCUT2D eigenvalue weighted by Gasteiger charge is 2.24. The molecule has 1 aromatic rings. The standard InChI is InChI=1S/C18H29ClN2/c1-4-18(16-7-6-8-17(19)13-16)20-14(3)15-9-11-21(5-2)12-10-15/h6-8,13-15,18,20H,4-5,9-12H2,1-3H3. The van der Waals surface area contributed by atoms with Crippen molar-refractivity contribution < 1.29 is 0 Å². The largest absolute Gasteiger partial charge is 0.307 e. The summed E-state index contributed by atoms with van der Waals surface area (Å²) in [4.78, 5) is 2.55. The third kappa shape index (κ3) is 4.70.